The van der Waals surface area contributed by atoms with Crippen LogP contribution >= 0.6 is 0 Å². The van der Waals surface area contributed by atoms with Crippen LogP contribution in [0.4, 0.5) is 0 Å². The van der Waals surface area contributed by atoms with Crippen molar-refractivity contribution in [3.05, 3.63) is 95.6 Å². The molecule has 0 bridgehead atoms. The van der Waals surface area contributed by atoms with E-state index in [9.17, 15) is 14.7 Å². The van der Waals surface area contributed by atoms with Crippen LogP contribution in [0.15, 0.2) is 78.9 Å². The number of carbonyl (C=O) groups excluding carboxylic acids is 1. The highest BCUT2D eigenvalue weighted by atomic mass is 16.5. The van der Waals surface area contributed by atoms with Gasteiger partial charge in [-0.3, -0.25) is 4.79 Å². The van der Waals surface area contributed by atoms with Gasteiger partial charge in [0, 0.05) is 18.6 Å². The molecule has 0 aliphatic heterocycles. The second-order valence-corrected chi connectivity index (χ2v) is 8.04. The number of rotatable bonds is 11. The Labute approximate surface area is 200 Å². The van der Waals surface area contributed by atoms with Crippen molar-refractivity contribution in [2.75, 3.05) is 13.2 Å². The van der Waals surface area contributed by atoms with Gasteiger partial charge < -0.3 is 14.6 Å². The molecule has 0 aliphatic carbocycles. The van der Waals surface area contributed by atoms with Gasteiger partial charge in [0.15, 0.2) is 11.9 Å². The van der Waals surface area contributed by atoms with Crippen molar-refractivity contribution in [1.82, 2.24) is 0 Å². The molecule has 1 atom stereocenters. The van der Waals surface area contributed by atoms with Gasteiger partial charge in [0.05, 0.1) is 0 Å². The van der Waals surface area contributed by atoms with Gasteiger partial charge >= 0.3 is 5.97 Å². The lowest BCUT2D eigenvalue weighted by molar-refractivity contribution is -0.149. The van der Waals surface area contributed by atoms with Gasteiger partial charge in [0.2, 0.25) is 0 Å². The quantitative estimate of drug-likeness (QED) is 0.353. The molecule has 0 saturated carbocycles. The second kappa shape index (κ2) is 12.0. The van der Waals surface area contributed by atoms with Gasteiger partial charge in [0.1, 0.15) is 12.4 Å². The Morgan fingerprint density at radius 2 is 1.62 bits per heavy atom. The summed E-state index contributed by atoms with van der Waals surface area (Å²) in [5.74, 6) is -0.181. The maximum atomic E-state index is 11.6. The largest absolute Gasteiger partial charge is 0.490 e. The Bertz CT molecular complexity index is 1140. The number of allylic oxidation sites excluding steroid dienone is 1. The first-order chi connectivity index (χ1) is 16.4. The zero-order chi connectivity index (χ0) is 24.5. The van der Waals surface area contributed by atoms with Crippen molar-refractivity contribution in [2.45, 2.75) is 33.3 Å². The fourth-order valence-corrected chi connectivity index (χ4v) is 3.58. The lowest BCUT2D eigenvalue weighted by atomic mass is 9.99. The van der Waals surface area contributed by atoms with Crippen LogP contribution in [0.3, 0.4) is 0 Å². The Morgan fingerprint density at radius 3 is 2.24 bits per heavy atom. The van der Waals surface area contributed by atoms with Gasteiger partial charge in [-0.15, -0.1) is 0 Å². The van der Waals surface area contributed by atoms with Crippen LogP contribution in [0.25, 0.3) is 16.7 Å². The smallest absolute Gasteiger partial charge is 0.333 e. The highest BCUT2D eigenvalue weighted by Gasteiger charge is 2.17. The van der Waals surface area contributed by atoms with Crippen molar-refractivity contribution >= 4 is 17.3 Å². The lowest BCUT2D eigenvalue weighted by Gasteiger charge is -2.12. The summed E-state index contributed by atoms with van der Waals surface area (Å²) >= 11 is 0. The maximum Gasteiger partial charge on any atom is 0.333 e. The second-order valence-electron chi connectivity index (χ2n) is 8.04. The van der Waals surface area contributed by atoms with E-state index in [4.69, 9.17) is 9.47 Å². The van der Waals surface area contributed by atoms with Crippen LogP contribution in [0.2, 0.25) is 0 Å². The third kappa shape index (κ3) is 6.90. The number of benzene rings is 3. The zero-order valence-electron chi connectivity index (χ0n) is 19.8. The summed E-state index contributed by atoms with van der Waals surface area (Å²) in [6.45, 7) is 6.18. The molecule has 3 aromatic rings. The van der Waals surface area contributed by atoms with Crippen LogP contribution in [0, 0.1) is 0 Å². The molecular formula is C29H30O5. The first-order valence-corrected chi connectivity index (χ1v) is 11.3. The van der Waals surface area contributed by atoms with Crippen LogP contribution in [0.5, 0.6) is 5.75 Å². The highest BCUT2D eigenvalue weighted by Crippen LogP contribution is 2.24. The van der Waals surface area contributed by atoms with Gasteiger partial charge in [-0.2, -0.15) is 0 Å². The minimum absolute atomic E-state index is 0.0573. The molecule has 176 valence electrons. The number of aliphatic carboxylic acids is 1. The van der Waals surface area contributed by atoms with Gasteiger partial charge in [-0.05, 0) is 72.9 Å². The van der Waals surface area contributed by atoms with E-state index in [-0.39, 0.29) is 5.78 Å². The average Bonchev–Trinajstić information content (AvgIpc) is 2.84. The monoisotopic (exact) mass is 458 g/mol. The summed E-state index contributed by atoms with van der Waals surface area (Å²) in [5, 5.41) is 9.22. The summed E-state index contributed by atoms with van der Waals surface area (Å²) in [6, 6.07) is 23.3. The first-order valence-electron chi connectivity index (χ1n) is 11.3. The molecule has 0 heterocycles. The van der Waals surface area contributed by atoms with Gasteiger partial charge in [-0.25, -0.2) is 4.79 Å². The molecule has 34 heavy (non-hydrogen) atoms. The average molecular weight is 459 g/mol. The molecule has 0 aliphatic rings. The van der Waals surface area contributed by atoms with Crippen LogP contribution in [0.1, 0.15) is 42.3 Å². The Balaban J connectivity index is 1.57. The summed E-state index contributed by atoms with van der Waals surface area (Å²) < 4.78 is 11.1. The predicted octanol–water partition coefficient (Wildman–Crippen LogP) is 6.07. The van der Waals surface area contributed by atoms with Crippen molar-refractivity contribution in [3.63, 3.8) is 0 Å². The fraction of sp³-hybridized carbons (Fsp3) is 0.241. The van der Waals surface area contributed by atoms with Crippen LogP contribution in [-0.2, 0) is 16.0 Å². The first kappa shape index (κ1) is 24.9. The molecule has 1 unspecified atom stereocenters. The third-order valence-electron chi connectivity index (χ3n) is 5.57. The molecule has 5 nitrogen and oxygen atoms in total. The minimum atomic E-state index is -0.958. The van der Waals surface area contributed by atoms with E-state index < -0.39 is 12.1 Å². The number of carbonyl (C=O) groups is 2. The van der Waals surface area contributed by atoms with Crippen molar-refractivity contribution in [3.8, 4) is 16.9 Å². The van der Waals surface area contributed by atoms with Gasteiger partial charge in [-0.1, -0.05) is 54.6 Å². The molecule has 0 amide bonds. The zero-order valence-corrected chi connectivity index (χ0v) is 19.8. The molecule has 5 heteroatoms. The third-order valence-corrected chi connectivity index (χ3v) is 5.57. The molecule has 3 rings (SSSR count). The summed E-state index contributed by atoms with van der Waals surface area (Å²) in [4.78, 5) is 22.9. The van der Waals surface area contributed by atoms with E-state index in [1.54, 1.807) is 13.8 Å². The number of hydrogen-bond acceptors (Lipinski definition) is 4. The number of ether oxygens (including phenoxy) is 2. The van der Waals surface area contributed by atoms with Crippen molar-refractivity contribution < 1.29 is 24.2 Å². The topological polar surface area (TPSA) is 72.8 Å². The van der Waals surface area contributed by atoms with Gasteiger partial charge in [0.25, 0.3) is 0 Å². The molecule has 0 saturated heterocycles. The summed E-state index contributed by atoms with van der Waals surface area (Å²) in [7, 11) is 0. The molecule has 1 N–H and O–H groups in total. The van der Waals surface area contributed by atoms with Crippen molar-refractivity contribution in [2.24, 2.45) is 0 Å². The Hall–Kier alpha value is -3.70. The molecule has 0 aromatic heterocycles. The summed E-state index contributed by atoms with van der Waals surface area (Å²) in [6.07, 6.45) is 1.50. The summed E-state index contributed by atoms with van der Waals surface area (Å²) in [5.41, 5.74) is 5.87. The number of carboxylic acids is 1. The normalized spacial score (nSPS) is 12.3. The molecule has 0 radical (unpaired) electrons. The molecule has 0 fully saturated rings. The Morgan fingerprint density at radius 1 is 0.912 bits per heavy atom. The van der Waals surface area contributed by atoms with E-state index in [1.165, 1.54) is 0 Å². The molecule has 0 spiro atoms. The predicted molar refractivity (Wildman–Crippen MR) is 134 cm³/mol. The SMILES string of the molecule is CCOC(Cc1ccc(OC/C=C(\C)c2ccc(-c3cccc(C(C)=O)c3)cc2)cc1)C(=O)O. The number of Topliss-reactive ketones (excluding diaryl/α,β-unsaturated/α-hetero) is 1. The molecular weight excluding hydrogens is 428 g/mol. The van der Waals surface area contributed by atoms with E-state index in [0.717, 1.165) is 33.6 Å². The van der Waals surface area contributed by atoms with E-state index >= 15 is 0 Å². The van der Waals surface area contributed by atoms with E-state index in [2.05, 4.69) is 24.3 Å². The number of carboxylic acid groups (broad SMARTS) is 1. The van der Waals surface area contributed by atoms with Crippen molar-refractivity contribution in [1.29, 1.82) is 0 Å². The highest BCUT2D eigenvalue weighted by molar-refractivity contribution is 5.95. The van der Waals surface area contributed by atoms with E-state index in [1.807, 2.05) is 61.5 Å². The number of ketones is 1. The molecule has 3 aromatic carbocycles. The van der Waals surface area contributed by atoms with Crippen LogP contribution < -0.4 is 4.74 Å². The Kier molecular flexibility index (Phi) is 8.77. The number of hydrogen-bond donors (Lipinski definition) is 1. The lowest BCUT2D eigenvalue weighted by Crippen LogP contribution is -2.26. The fourth-order valence-electron chi connectivity index (χ4n) is 3.58. The van der Waals surface area contributed by atoms with E-state index in [0.29, 0.717) is 25.2 Å². The minimum Gasteiger partial charge on any atom is -0.490 e. The maximum absolute atomic E-state index is 11.6. The van der Waals surface area contributed by atoms with Crippen LogP contribution in [-0.4, -0.2) is 36.2 Å². The standard InChI is InChI=1S/C29H30O5/c1-4-33-28(29(31)32)18-22-8-14-27(15-9-22)34-17-16-20(2)23-10-12-24(13-11-23)26-7-5-6-25(19-26)21(3)30/h5-16,19,28H,4,17-18H2,1-3H3,(H,31,32)/b20-16+.